The summed E-state index contributed by atoms with van der Waals surface area (Å²) >= 11 is 0. The first-order valence-corrected chi connectivity index (χ1v) is 13.1. The molecular weight excluding hydrogens is 442 g/mol. The van der Waals surface area contributed by atoms with Gasteiger partial charge in [0.2, 0.25) is 15.9 Å². The van der Waals surface area contributed by atoms with Crippen LogP contribution in [0.4, 0.5) is 11.4 Å². The second-order valence-electron chi connectivity index (χ2n) is 8.30. The number of benzene rings is 2. The minimum Gasteiger partial charge on any atom is -0.486 e. The molecule has 1 N–H and O–H groups in total. The highest BCUT2D eigenvalue weighted by Gasteiger charge is 2.24. The van der Waals surface area contributed by atoms with E-state index in [9.17, 15) is 13.2 Å². The van der Waals surface area contributed by atoms with Crippen LogP contribution < -0.4 is 19.1 Å². The lowest BCUT2D eigenvalue weighted by molar-refractivity contribution is -0.128. The van der Waals surface area contributed by atoms with Gasteiger partial charge in [0.05, 0.1) is 0 Å². The molecule has 1 saturated heterocycles. The molecule has 0 radical (unpaired) electrons. The molecule has 9 heteroatoms. The number of piperidine rings is 1. The van der Waals surface area contributed by atoms with Crippen molar-refractivity contribution in [3.05, 3.63) is 48.0 Å². The number of para-hydroxylation sites is 1. The summed E-state index contributed by atoms with van der Waals surface area (Å²) in [6.45, 7) is 5.42. The Bertz CT molecular complexity index is 1070. The molecule has 0 bridgehead atoms. The number of fused-ring (bicyclic) bond motifs is 1. The number of nitrogens with one attached hydrogen (secondary N) is 1. The molecule has 0 aliphatic carbocycles. The standard InChI is InChI=1S/C24H31N3O5S/c1-2-26(17-19-7-6-8-22-24(19)32-16-15-31-22)23(28)18-33(29,30)25-20-9-11-21(12-10-20)27-13-4-3-5-14-27/h6-12,25H,2-5,13-18H2,1H3. The zero-order valence-electron chi connectivity index (χ0n) is 19.0. The van der Waals surface area contributed by atoms with Gasteiger partial charge in [0.15, 0.2) is 11.5 Å². The number of hydrogen-bond donors (Lipinski definition) is 1. The summed E-state index contributed by atoms with van der Waals surface area (Å²) in [5.41, 5.74) is 2.33. The van der Waals surface area contributed by atoms with E-state index in [1.54, 1.807) is 12.1 Å². The number of nitrogens with zero attached hydrogens (tertiary/aromatic N) is 2. The van der Waals surface area contributed by atoms with Gasteiger partial charge in [0.1, 0.15) is 19.0 Å². The second-order valence-corrected chi connectivity index (χ2v) is 10.0. The minimum atomic E-state index is -3.85. The van der Waals surface area contributed by atoms with Crippen molar-refractivity contribution in [2.75, 3.05) is 48.2 Å². The molecule has 2 heterocycles. The second kappa shape index (κ2) is 10.3. The Morgan fingerprint density at radius 1 is 1.03 bits per heavy atom. The van der Waals surface area contributed by atoms with Crippen LogP contribution in [0.2, 0.25) is 0 Å². The molecular formula is C24H31N3O5S. The quantitative estimate of drug-likeness (QED) is 0.633. The van der Waals surface area contributed by atoms with Gasteiger partial charge in [0, 0.05) is 43.1 Å². The topological polar surface area (TPSA) is 88.2 Å². The monoisotopic (exact) mass is 473 g/mol. The molecule has 33 heavy (non-hydrogen) atoms. The smallest absolute Gasteiger partial charge is 0.241 e. The van der Waals surface area contributed by atoms with E-state index >= 15 is 0 Å². The van der Waals surface area contributed by atoms with Crippen LogP contribution in [-0.2, 0) is 21.4 Å². The van der Waals surface area contributed by atoms with Crippen LogP contribution >= 0.6 is 0 Å². The van der Waals surface area contributed by atoms with Crippen LogP contribution in [0.1, 0.15) is 31.7 Å². The van der Waals surface area contributed by atoms with Gasteiger partial charge in [-0.1, -0.05) is 12.1 Å². The maximum absolute atomic E-state index is 12.8. The van der Waals surface area contributed by atoms with E-state index in [2.05, 4.69) is 9.62 Å². The lowest BCUT2D eigenvalue weighted by atomic mass is 10.1. The Labute approximate surface area is 195 Å². The molecule has 1 amide bonds. The van der Waals surface area contributed by atoms with Crippen molar-refractivity contribution in [1.29, 1.82) is 0 Å². The molecule has 0 atom stereocenters. The minimum absolute atomic E-state index is 0.252. The van der Waals surface area contributed by atoms with Gasteiger partial charge in [-0.15, -0.1) is 0 Å². The van der Waals surface area contributed by atoms with E-state index in [0.717, 1.165) is 24.3 Å². The summed E-state index contributed by atoms with van der Waals surface area (Å²) < 4.78 is 39.2. The predicted molar refractivity (Wildman–Crippen MR) is 128 cm³/mol. The normalized spacial score (nSPS) is 15.7. The number of anilines is 2. The Morgan fingerprint density at radius 3 is 2.48 bits per heavy atom. The lowest BCUT2D eigenvalue weighted by Gasteiger charge is -2.28. The molecule has 8 nitrogen and oxygen atoms in total. The fourth-order valence-electron chi connectivity index (χ4n) is 4.20. The summed E-state index contributed by atoms with van der Waals surface area (Å²) in [4.78, 5) is 16.7. The molecule has 0 spiro atoms. The van der Waals surface area contributed by atoms with Gasteiger partial charge in [-0.2, -0.15) is 0 Å². The van der Waals surface area contributed by atoms with Crippen LogP contribution in [0.25, 0.3) is 0 Å². The number of sulfonamides is 1. The maximum atomic E-state index is 12.8. The number of rotatable bonds is 8. The summed E-state index contributed by atoms with van der Waals surface area (Å²) in [5, 5.41) is 0. The molecule has 1 fully saturated rings. The van der Waals surface area contributed by atoms with Crippen molar-refractivity contribution < 1.29 is 22.7 Å². The van der Waals surface area contributed by atoms with Crippen molar-refractivity contribution >= 4 is 27.3 Å². The van der Waals surface area contributed by atoms with Gasteiger partial charge in [0.25, 0.3) is 0 Å². The van der Waals surface area contributed by atoms with E-state index < -0.39 is 21.7 Å². The highest BCUT2D eigenvalue weighted by molar-refractivity contribution is 7.93. The third kappa shape index (κ3) is 5.90. The summed E-state index contributed by atoms with van der Waals surface area (Å²) in [6.07, 6.45) is 3.61. The van der Waals surface area contributed by atoms with Crippen LogP contribution in [-0.4, -0.2) is 57.8 Å². The van der Waals surface area contributed by atoms with E-state index in [4.69, 9.17) is 9.47 Å². The third-order valence-electron chi connectivity index (χ3n) is 5.92. The third-order valence-corrected chi connectivity index (χ3v) is 7.09. The van der Waals surface area contributed by atoms with Crippen molar-refractivity contribution in [2.45, 2.75) is 32.7 Å². The molecule has 0 unspecified atom stereocenters. The van der Waals surface area contributed by atoms with Gasteiger partial charge in [-0.25, -0.2) is 8.42 Å². The molecule has 2 aromatic rings. The largest absolute Gasteiger partial charge is 0.486 e. The van der Waals surface area contributed by atoms with Gasteiger partial charge in [-0.05, 0) is 56.5 Å². The Balaban J connectivity index is 1.38. The van der Waals surface area contributed by atoms with Crippen molar-refractivity contribution in [3.63, 3.8) is 0 Å². The molecule has 2 aromatic carbocycles. The van der Waals surface area contributed by atoms with E-state index in [-0.39, 0.29) is 6.54 Å². The van der Waals surface area contributed by atoms with Crippen LogP contribution in [0, 0.1) is 0 Å². The van der Waals surface area contributed by atoms with E-state index in [0.29, 0.717) is 36.9 Å². The average molecular weight is 474 g/mol. The number of ether oxygens (including phenoxy) is 2. The van der Waals surface area contributed by atoms with E-state index in [1.807, 2.05) is 37.3 Å². The molecule has 2 aliphatic rings. The van der Waals surface area contributed by atoms with Gasteiger partial charge in [-0.3, -0.25) is 9.52 Å². The Hall–Kier alpha value is -2.94. The summed E-state index contributed by atoms with van der Waals surface area (Å²) in [6, 6.07) is 12.9. The number of carbonyl (C=O) groups is 1. The zero-order valence-corrected chi connectivity index (χ0v) is 19.8. The molecule has 4 rings (SSSR count). The molecule has 0 saturated carbocycles. The summed E-state index contributed by atoms with van der Waals surface area (Å²) in [7, 11) is -3.85. The lowest BCUT2D eigenvalue weighted by Crippen LogP contribution is -2.37. The van der Waals surface area contributed by atoms with Gasteiger partial charge < -0.3 is 19.3 Å². The van der Waals surface area contributed by atoms with Crippen LogP contribution in [0.15, 0.2) is 42.5 Å². The zero-order chi connectivity index (χ0) is 23.3. The first-order chi connectivity index (χ1) is 15.9. The molecule has 0 aromatic heterocycles. The fraction of sp³-hybridized carbons (Fsp3) is 0.458. The predicted octanol–water partition coefficient (Wildman–Crippen LogP) is 3.24. The van der Waals surface area contributed by atoms with E-state index in [1.165, 1.54) is 24.2 Å². The SMILES string of the molecule is CCN(Cc1cccc2c1OCCO2)C(=O)CS(=O)(=O)Nc1ccc(N2CCCCC2)cc1. The molecule has 178 valence electrons. The first kappa shape index (κ1) is 23.2. The highest BCUT2D eigenvalue weighted by Crippen LogP contribution is 2.34. The van der Waals surface area contributed by atoms with Crippen molar-refractivity contribution in [3.8, 4) is 11.5 Å². The maximum Gasteiger partial charge on any atom is 0.241 e. The van der Waals surface area contributed by atoms with Crippen molar-refractivity contribution in [1.82, 2.24) is 4.90 Å². The summed E-state index contributed by atoms with van der Waals surface area (Å²) in [5.74, 6) is 0.166. The Kier molecular flexibility index (Phi) is 7.27. The number of amides is 1. The average Bonchev–Trinajstić information content (AvgIpc) is 2.83. The number of carbonyl (C=O) groups excluding carboxylic acids is 1. The van der Waals surface area contributed by atoms with Crippen LogP contribution in [0.3, 0.4) is 0 Å². The Morgan fingerprint density at radius 2 is 1.76 bits per heavy atom. The number of hydrogen-bond acceptors (Lipinski definition) is 6. The van der Waals surface area contributed by atoms with Crippen LogP contribution in [0.5, 0.6) is 11.5 Å². The fourth-order valence-corrected chi connectivity index (χ4v) is 5.28. The van der Waals surface area contributed by atoms with Gasteiger partial charge >= 0.3 is 0 Å². The highest BCUT2D eigenvalue weighted by atomic mass is 32.2. The van der Waals surface area contributed by atoms with Crippen molar-refractivity contribution in [2.24, 2.45) is 0 Å². The molecule has 2 aliphatic heterocycles. The first-order valence-electron chi connectivity index (χ1n) is 11.5.